The van der Waals surface area contributed by atoms with Crippen molar-refractivity contribution in [3.05, 3.63) is 29.7 Å². The standard InChI is InChI=1S/C17H25N5O3/c1-11-7-13-18-8-12(9-22(13)21-11)14(23)19-10-17(5,6)20-15(24)25-16(2,3)4/h7-9H,10H2,1-6H3,(H,19,23)(H,20,24). The summed E-state index contributed by atoms with van der Waals surface area (Å²) in [5.74, 6) is -0.290. The van der Waals surface area contributed by atoms with Crippen LogP contribution in [-0.4, -0.2) is 44.3 Å². The number of amides is 2. The number of hydrogen-bond acceptors (Lipinski definition) is 5. The molecule has 0 radical (unpaired) electrons. The van der Waals surface area contributed by atoms with Crippen molar-refractivity contribution in [3.8, 4) is 0 Å². The van der Waals surface area contributed by atoms with Crippen LogP contribution in [0.15, 0.2) is 18.5 Å². The maximum atomic E-state index is 12.3. The highest BCUT2D eigenvalue weighted by Gasteiger charge is 2.25. The molecule has 136 valence electrons. The molecule has 2 N–H and O–H groups in total. The number of alkyl carbamates (subject to hydrolysis) is 1. The van der Waals surface area contributed by atoms with Gasteiger partial charge in [-0.15, -0.1) is 0 Å². The lowest BCUT2D eigenvalue weighted by Crippen LogP contribution is -2.52. The van der Waals surface area contributed by atoms with Crippen LogP contribution in [0.1, 0.15) is 50.7 Å². The van der Waals surface area contributed by atoms with Crippen LogP contribution >= 0.6 is 0 Å². The van der Waals surface area contributed by atoms with Gasteiger partial charge in [-0.1, -0.05) is 0 Å². The molecule has 0 saturated carbocycles. The van der Waals surface area contributed by atoms with Crippen molar-refractivity contribution in [2.45, 2.75) is 52.7 Å². The Labute approximate surface area is 147 Å². The molecule has 0 bridgehead atoms. The summed E-state index contributed by atoms with van der Waals surface area (Å²) >= 11 is 0. The molecule has 2 aromatic rings. The fraction of sp³-hybridized carbons (Fsp3) is 0.529. The summed E-state index contributed by atoms with van der Waals surface area (Å²) in [5, 5.41) is 9.77. The molecule has 0 fully saturated rings. The second-order valence-corrected chi connectivity index (χ2v) is 7.62. The topological polar surface area (TPSA) is 97.6 Å². The van der Waals surface area contributed by atoms with Crippen molar-refractivity contribution < 1.29 is 14.3 Å². The summed E-state index contributed by atoms with van der Waals surface area (Å²) in [6.45, 7) is 11.1. The SMILES string of the molecule is Cc1cc2ncc(C(=O)NCC(C)(C)NC(=O)OC(C)(C)C)cn2n1. The molecule has 2 heterocycles. The molecular formula is C17H25N5O3. The molecule has 2 rings (SSSR count). The Morgan fingerprint density at radius 3 is 2.56 bits per heavy atom. The Balaban J connectivity index is 1.96. The first-order chi connectivity index (χ1) is 11.5. The molecule has 0 aliphatic heterocycles. The minimum atomic E-state index is -0.669. The largest absolute Gasteiger partial charge is 0.444 e. The summed E-state index contributed by atoms with van der Waals surface area (Å²) in [6.07, 6.45) is 2.60. The van der Waals surface area contributed by atoms with Crippen molar-refractivity contribution in [1.82, 2.24) is 25.2 Å². The second kappa shape index (κ2) is 6.70. The first-order valence-electron chi connectivity index (χ1n) is 8.07. The van der Waals surface area contributed by atoms with Gasteiger partial charge in [0.05, 0.1) is 16.8 Å². The number of hydrogen-bond donors (Lipinski definition) is 2. The van der Waals surface area contributed by atoms with E-state index in [1.54, 1.807) is 45.3 Å². The highest BCUT2D eigenvalue weighted by molar-refractivity contribution is 5.93. The van der Waals surface area contributed by atoms with Crippen LogP contribution in [-0.2, 0) is 4.74 Å². The molecule has 8 nitrogen and oxygen atoms in total. The van der Waals surface area contributed by atoms with Crippen LogP contribution in [0.5, 0.6) is 0 Å². The zero-order valence-electron chi connectivity index (χ0n) is 15.5. The van der Waals surface area contributed by atoms with Gasteiger partial charge in [0.1, 0.15) is 5.60 Å². The molecule has 25 heavy (non-hydrogen) atoms. The Morgan fingerprint density at radius 1 is 1.24 bits per heavy atom. The molecule has 0 saturated heterocycles. The third kappa shape index (κ3) is 5.44. The lowest BCUT2D eigenvalue weighted by molar-refractivity contribution is 0.0469. The maximum absolute atomic E-state index is 12.3. The first kappa shape index (κ1) is 18.7. The van der Waals surface area contributed by atoms with Gasteiger partial charge in [0, 0.05) is 25.0 Å². The van der Waals surface area contributed by atoms with Crippen LogP contribution < -0.4 is 10.6 Å². The zero-order valence-corrected chi connectivity index (χ0v) is 15.5. The molecule has 0 aliphatic rings. The number of aryl methyl sites for hydroxylation is 1. The summed E-state index contributed by atoms with van der Waals surface area (Å²) in [7, 11) is 0. The van der Waals surface area contributed by atoms with Gasteiger partial charge in [0.25, 0.3) is 5.91 Å². The zero-order chi connectivity index (χ0) is 18.8. The first-order valence-corrected chi connectivity index (χ1v) is 8.07. The van der Waals surface area contributed by atoms with E-state index in [0.717, 1.165) is 5.69 Å². The number of rotatable bonds is 4. The van der Waals surface area contributed by atoms with Crippen molar-refractivity contribution in [2.24, 2.45) is 0 Å². The monoisotopic (exact) mass is 347 g/mol. The van der Waals surface area contributed by atoms with Gasteiger partial charge >= 0.3 is 6.09 Å². The Morgan fingerprint density at radius 2 is 1.92 bits per heavy atom. The number of aromatic nitrogens is 3. The van der Waals surface area contributed by atoms with Gasteiger partial charge in [-0.05, 0) is 41.5 Å². The summed E-state index contributed by atoms with van der Waals surface area (Å²) in [6, 6.07) is 1.83. The fourth-order valence-corrected chi connectivity index (χ4v) is 2.14. The number of nitrogens with zero attached hydrogens (tertiary/aromatic N) is 3. The molecule has 2 amide bonds. The Hall–Kier alpha value is -2.64. The maximum Gasteiger partial charge on any atom is 0.408 e. The smallest absolute Gasteiger partial charge is 0.408 e. The molecule has 8 heteroatoms. The Kier molecular flexibility index (Phi) is 5.01. The average Bonchev–Trinajstić information content (AvgIpc) is 2.81. The quantitative estimate of drug-likeness (QED) is 0.882. The highest BCUT2D eigenvalue weighted by Crippen LogP contribution is 2.10. The summed E-state index contributed by atoms with van der Waals surface area (Å²) < 4.78 is 6.80. The van der Waals surface area contributed by atoms with Crippen molar-refractivity contribution in [3.63, 3.8) is 0 Å². The number of fused-ring (bicyclic) bond motifs is 1. The van der Waals surface area contributed by atoms with Crippen LogP contribution in [0.25, 0.3) is 5.65 Å². The van der Waals surface area contributed by atoms with Crippen molar-refractivity contribution in [1.29, 1.82) is 0 Å². The van der Waals surface area contributed by atoms with Gasteiger partial charge in [-0.3, -0.25) is 4.79 Å². The molecule has 0 spiro atoms. The van der Waals surface area contributed by atoms with Gasteiger partial charge in [0.15, 0.2) is 5.65 Å². The minimum absolute atomic E-state index is 0.237. The van der Waals surface area contributed by atoms with E-state index in [2.05, 4.69) is 20.7 Å². The van der Waals surface area contributed by atoms with E-state index in [4.69, 9.17) is 4.74 Å². The van der Waals surface area contributed by atoms with Crippen molar-refractivity contribution in [2.75, 3.05) is 6.54 Å². The molecule has 0 atom stereocenters. The molecular weight excluding hydrogens is 322 g/mol. The molecule has 0 aliphatic carbocycles. The van der Waals surface area contributed by atoms with E-state index in [1.807, 2.05) is 13.0 Å². The third-order valence-corrected chi connectivity index (χ3v) is 3.23. The minimum Gasteiger partial charge on any atom is -0.444 e. The lowest BCUT2D eigenvalue weighted by atomic mass is 10.1. The van der Waals surface area contributed by atoms with Crippen LogP contribution in [0.2, 0.25) is 0 Å². The van der Waals surface area contributed by atoms with E-state index in [1.165, 1.54) is 6.20 Å². The van der Waals surface area contributed by atoms with Gasteiger partial charge in [0.2, 0.25) is 0 Å². The second-order valence-electron chi connectivity index (χ2n) is 7.62. The van der Waals surface area contributed by atoms with E-state index >= 15 is 0 Å². The van der Waals surface area contributed by atoms with Crippen LogP contribution in [0.4, 0.5) is 4.79 Å². The predicted octanol–water partition coefficient (Wildman–Crippen LogP) is 2.07. The predicted molar refractivity (Wildman–Crippen MR) is 93.5 cm³/mol. The van der Waals surface area contributed by atoms with E-state index < -0.39 is 17.2 Å². The third-order valence-electron chi connectivity index (χ3n) is 3.23. The van der Waals surface area contributed by atoms with Crippen LogP contribution in [0, 0.1) is 6.92 Å². The molecule has 0 unspecified atom stereocenters. The number of carbonyl (C=O) groups excluding carboxylic acids is 2. The van der Waals surface area contributed by atoms with Gasteiger partial charge in [-0.2, -0.15) is 5.10 Å². The number of carbonyl (C=O) groups is 2. The Bertz CT molecular complexity index is 789. The summed E-state index contributed by atoms with van der Waals surface area (Å²) in [5.41, 5.74) is 0.655. The summed E-state index contributed by atoms with van der Waals surface area (Å²) in [4.78, 5) is 28.4. The molecule has 2 aromatic heterocycles. The van der Waals surface area contributed by atoms with E-state index in [-0.39, 0.29) is 12.5 Å². The molecule has 0 aromatic carbocycles. The number of nitrogens with one attached hydrogen (secondary N) is 2. The lowest BCUT2D eigenvalue weighted by Gasteiger charge is -2.28. The highest BCUT2D eigenvalue weighted by atomic mass is 16.6. The van der Waals surface area contributed by atoms with E-state index in [9.17, 15) is 9.59 Å². The normalized spacial score (nSPS) is 12.1. The van der Waals surface area contributed by atoms with Gasteiger partial charge in [-0.25, -0.2) is 14.3 Å². The average molecular weight is 347 g/mol. The van der Waals surface area contributed by atoms with Crippen LogP contribution in [0.3, 0.4) is 0 Å². The van der Waals surface area contributed by atoms with Gasteiger partial charge < -0.3 is 15.4 Å². The van der Waals surface area contributed by atoms with Crippen molar-refractivity contribution >= 4 is 17.6 Å². The number of ether oxygens (including phenoxy) is 1. The van der Waals surface area contributed by atoms with E-state index in [0.29, 0.717) is 11.2 Å². The fourth-order valence-electron chi connectivity index (χ4n) is 2.14.